The van der Waals surface area contributed by atoms with Crippen LogP contribution in [-0.4, -0.2) is 73.5 Å². The Balaban J connectivity index is 1.08. The van der Waals surface area contributed by atoms with E-state index in [1.807, 2.05) is 50.2 Å². The second kappa shape index (κ2) is 12.3. The summed E-state index contributed by atoms with van der Waals surface area (Å²) in [5.41, 5.74) is 3.77. The highest BCUT2D eigenvalue weighted by Gasteiger charge is 2.31. The summed E-state index contributed by atoms with van der Waals surface area (Å²) >= 11 is 0. The molecular weight excluding hydrogens is 566 g/mol. The van der Waals surface area contributed by atoms with Gasteiger partial charge in [0.1, 0.15) is 34.9 Å². The lowest BCUT2D eigenvalue weighted by atomic mass is 10.1. The van der Waals surface area contributed by atoms with Gasteiger partial charge in [-0.2, -0.15) is 9.40 Å². The van der Waals surface area contributed by atoms with Gasteiger partial charge in [0, 0.05) is 62.6 Å². The molecule has 1 N–H and O–H groups in total. The molecule has 0 atom stereocenters. The van der Waals surface area contributed by atoms with Crippen molar-refractivity contribution in [2.45, 2.75) is 25.3 Å². The van der Waals surface area contributed by atoms with Crippen LogP contribution in [0.15, 0.2) is 90.6 Å². The standard InChI is InChI=1S/C30H31N9O3S/c1-22-8-9-27(23(2)35-22)42-26-10-12-32-29(18-26)36-25-6-3-5-24(17-25)19-37-13-15-38(16-14-37)43(40,41)28-7-4-11-33-30(28)39-21-31-20-34-39/h3-12,17-18,20-21H,13-16,19H2,1-2H3,(H,32,36). The van der Waals surface area contributed by atoms with Crippen LogP contribution in [0.2, 0.25) is 0 Å². The molecule has 43 heavy (non-hydrogen) atoms. The second-order valence-corrected chi connectivity index (χ2v) is 12.1. The smallest absolute Gasteiger partial charge is 0.246 e. The fraction of sp³-hybridized carbons (Fsp3) is 0.233. The zero-order chi connectivity index (χ0) is 29.8. The molecule has 6 rings (SSSR count). The summed E-state index contributed by atoms with van der Waals surface area (Å²) in [6, 6.07) is 18.8. The minimum absolute atomic E-state index is 0.112. The van der Waals surface area contributed by atoms with Crippen LogP contribution in [0.5, 0.6) is 11.5 Å². The summed E-state index contributed by atoms with van der Waals surface area (Å²) in [6.45, 7) is 6.51. The number of pyridine rings is 3. The van der Waals surface area contributed by atoms with Crippen molar-refractivity contribution in [3.8, 4) is 17.3 Å². The number of hydrogen-bond donors (Lipinski definition) is 1. The van der Waals surface area contributed by atoms with Crippen LogP contribution in [0.1, 0.15) is 17.0 Å². The molecule has 1 saturated heterocycles. The Morgan fingerprint density at radius 2 is 1.79 bits per heavy atom. The number of nitrogens with one attached hydrogen (secondary N) is 1. The van der Waals surface area contributed by atoms with Crippen LogP contribution >= 0.6 is 0 Å². The van der Waals surface area contributed by atoms with Crippen LogP contribution in [0.3, 0.4) is 0 Å². The average molecular weight is 598 g/mol. The van der Waals surface area contributed by atoms with Gasteiger partial charge in [-0.05, 0) is 61.9 Å². The van der Waals surface area contributed by atoms with E-state index in [1.165, 1.54) is 21.6 Å². The molecule has 1 fully saturated rings. The van der Waals surface area contributed by atoms with E-state index in [9.17, 15) is 8.42 Å². The average Bonchev–Trinajstić information content (AvgIpc) is 3.55. The first-order valence-electron chi connectivity index (χ1n) is 13.8. The molecule has 0 bridgehead atoms. The number of aryl methyl sites for hydroxylation is 2. The van der Waals surface area contributed by atoms with Crippen LogP contribution in [0.4, 0.5) is 11.5 Å². The molecule has 0 radical (unpaired) electrons. The Kier molecular flexibility index (Phi) is 8.09. The Hall–Kier alpha value is -4.72. The predicted molar refractivity (Wildman–Crippen MR) is 161 cm³/mol. The zero-order valence-electron chi connectivity index (χ0n) is 23.8. The molecular formula is C30H31N9O3S. The molecule has 4 aromatic heterocycles. The van der Waals surface area contributed by atoms with Gasteiger partial charge in [0.05, 0.1) is 5.69 Å². The van der Waals surface area contributed by atoms with Gasteiger partial charge < -0.3 is 10.1 Å². The number of nitrogens with zero attached hydrogens (tertiary/aromatic N) is 8. The van der Waals surface area contributed by atoms with E-state index in [0.29, 0.717) is 50.0 Å². The summed E-state index contributed by atoms with van der Waals surface area (Å²) in [4.78, 5) is 19.4. The third kappa shape index (κ3) is 6.53. The lowest BCUT2D eigenvalue weighted by Crippen LogP contribution is -2.48. The number of sulfonamides is 1. The molecule has 13 heteroatoms. The maximum atomic E-state index is 13.5. The van der Waals surface area contributed by atoms with Crippen LogP contribution in [0, 0.1) is 13.8 Å². The number of rotatable bonds is 9. The van der Waals surface area contributed by atoms with Gasteiger partial charge >= 0.3 is 0 Å². The van der Waals surface area contributed by atoms with Crippen molar-refractivity contribution >= 4 is 21.5 Å². The molecule has 5 heterocycles. The molecule has 5 aromatic rings. The summed E-state index contributed by atoms with van der Waals surface area (Å²) in [7, 11) is -3.76. The molecule has 0 unspecified atom stereocenters. The van der Waals surface area contributed by atoms with E-state index in [4.69, 9.17) is 4.74 Å². The lowest BCUT2D eigenvalue weighted by molar-refractivity contribution is 0.181. The molecule has 1 aliphatic rings. The highest BCUT2D eigenvalue weighted by atomic mass is 32.2. The monoisotopic (exact) mass is 597 g/mol. The van der Waals surface area contributed by atoms with E-state index in [1.54, 1.807) is 24.5 Å². The van der Waals surface area contributed by atoms with Gasteiger partial charge in [0.25, 0.3) is 0 Å². The van der Waals surface area contributed by atoms with Crippen molar-refractivity contribution in [3.05, 3.63) is 103 Å². The normalized spacial score (nSPS) is 14.5. The van der Waals surface area contributed by atoms with Gasteiger partial charge in [0.2, 0.25) is 10.0 Å². The summed E-state index contributed by atoms with van der Waals surface area (Å²) < 4.78 is 36.0. The first-order valence-corrected chi connectivity index (χ1v) is 15.3. The Morgan fingerprint density at radius 3 is 2.58 bits per heavy atom. The van der Waals surface area contributed by atoms with Crippen LogP contribution in [0.25, 0.3) is 5.82 Å². The minimum atomic E-state index is -3.76. The number of anilines is 2. The fourth-order valence-corrected chi connectivity index (χ4v) is 6.50. The number of hydrogen-bond acceptors (Lipinski definition) is 10. The van der Waals surface area contributed by atoms with Crippen molar-refractivity contribution in [3.63, 3.8) is 0 Å². The van der Waals surface area contributed by atoms with Gasteiger partial charge in [-0.3, -0.25) is 9.88 Å². The second-order valence-electron chi connectivity index (χ2n) is 10.2. The maximum Gasteiger partial charge on any atom is 0.246 e. The summed E-state index contributed by atoms with van der Waals surface area (Å²) in [5.74, 6) is 2.26. The van der Waals surface area contributed by atoms with Gasteiger partial charge in [-0.1, -0.05) is 12.1 Å². The van der Waals surface area contributed by atoms with Gasteiger partial charge in [0.15, 0.2) is 5.82 Å². The van der Waals surface area contributed by atoms with Crippen LogP contribution in [-0.2, 0) is 16.6 Å². The molecule has 0 aliphatic carbocycles. The third-order valence-electron chi connectivity index (χ3n) is 7.08. The Bertz CT molecular complexity index is 1820. The van der Waals surface area contributed by atoms with E-state index in [0.717, 1.165) is 22.6 Å². The summed E-state index contributed by atoms with van der Waals surface area (Å²) in [5, 5.41) is 7.42. The number of piperazine rings is 1. The van der Waals surface area contributed by atoms with Crippen molar-refractivity contribution in [2.75, 3.05) is 31.5 Å². The SMILES string of the molecule is Cc1ccc(Oc2ccnc(Nc3cccc(CN4CCN(S(=O)(=O)c5cccnc5-n5cncn5)CC4)c3)c2)c(C)n1. The predicted octanol–water partition coefficient (Wildman–Crippen LogP) is 4.11. The Labute approximate surface area is 250 Å². The number of aromatic nitrogens is 6. The lowest BCUT2D eigenvalue weighted by Gasteiger charge is -2.34. The molecule has 1 aliphatic heterocycles. The largest absolute Gasteiger partial charge is 0.455 e. The van der Waals surface area contributed by atoms with Gasteiger partial charge in [-0.25, -0.2) is 28.1 Å². The quantitative estimate of drug-likeness (QED) is 0.265. The maximum absolute atomic E-state index is 13.5. The van der Waals surface area contributed by atoms with E-state index >= 15 is 0 Å². The van der Waals surface area contributed by atoms with Crippen molar-refractivity contribution in [1.82, 2.24) is 38.9 Å². The molecule has 220 valence electrons. The van der Waals surface area contributed by atoms with Crippen molar-refractivity contribution < 1.29 is 13.2 Å². The first-order chi connectivity index (χ1) is 20.8. The minimum Gasteiger partial charge on any atom is -0.455 e. The third-order valence-corrected chi connectivity index (χ3v) is 9.00. The van der Waals surface area contributed by atoms with E-state index in [-0.39, 0.29) is 10.7 Å². The zero-order valence-corrected chi connectivity index (χ0v) is 24.6. The number of benzene rings is 1. The van der Waals surface area contributed by atoms with E-state index < -0.39 is 10.0 Å². The Morgan fingerprint density at radius 1 is 0.930 bits per heavy atom. The summed E-state index contributed by atoms with van der Waals surface area (Å²) in [6.07, 6.45) is 6.03. The molecule has 0 spiro atoms. The molecule has 0 saturated carbocycles. The highest BCUT2D eigenvalue weighted by Crippen LogP contribution is 2.27. The van der Waals surface area contributed by atoms with Gasteiger partial charge in [-0.15, -0.1) is 0 Å². The van der Waals surface area contributed by atoms with Crippen LogP contribution < -0.4 is 10.1 Å². The van der Waals surface area contributed by atoms with Crippen molar-refractivity contribution in [1.29, 1.82) is 0 Å². The highest BCUT2D eigenvalue weighted by molar-refractivity contribution is 7.89. The molecule has 12 nitrogen and oxygen atoms in total. The molecule has 1 aromatic carbocycles. The topological polar surface area (TPSA) is 131 Å². The first kappa shape index (κ1) is 28.4. The fourth-order valence-electron chi connectivity index (χ4n) is 4.95. The number of ether oxygens (including phenoxy) is 1. The molecule has 0 amide bonds. The van der Waals surface area contributed by atoms with E-state index in [2.05, 4.69) is 47.4 Å². The van der Waals surface area contributed by atoms with Crippen molar-refractivity contribution in [2.24, 2.45) is 0 Å².